The predicted octanol–water partition coefficient (Wildman–Crippen LogP) is 3.84. The van der Waals surface area contributed by atoms with Gasteiger partial charge in [0.2, 0.25) is 0 Å². The molecule has 0 aliphatic heterocycles. The lowest BCUT2D eigenvalue weighted by Gasteiger charge is -2.20. The maximum absolute atomic E-state index is 10.8. The van der Waals surface area contributed by atoms with Crippen molar-refractivity contribution in [1.82, 2.24) is 0 Å². The quantitative estimate of drug-likeness (QED) is 0.615. The number of aliphatic carboxylic acids is 1. The van der Waals surface area contributed by atoms with E-state index in [1.54, 1.807) is 6.08 Å². The van der Waals surface area contributed by atoms with Crippen LogP contribution in [0, 0.1) is 23.7 Å². The van der Waals surface area contributed by atoms with Crippen LogP contribution in [0.2, 0.25) is 0 Å². The van der Waals surface area contributed by atoms with Gasteiger partial charge in [-0.05, 0) is 5.57 Å². The van der Waals surface area contributed by atoms with E-state index < -0.39 is 5.97 Å². The molecule has 2 nitrogen and oxygen atoms in total. The molecule has 106 valence electrons. The number of carbonyl (C=O) groups is 1. The van der Waals surface area contributed by atoms with Gasteiger partial charge in [-0.2, -0.15) is 0 Å². The lowest BCUT2D eigenvalue weighted by Crippen LogP contribution is -2.07. The van der Waals surface area contributed by atoms with E-state index >= 15 is 0 Å². The van der Waals surface area contributed by atoms with Gasteiger partial charge in [0.05, 0.1) is 0 Å². The Balaban J connectivity index is 1.98. The van der Waals surface area contributed by atoms with E-state index in [9.17, 15) is 4.79 Å². The molecule has 6 rings (SSSR count). The molecule has 4 bridgehead atoms. The highest BCUT2D eigenvalue weighted by Crippen LogP contribution is 2.28. The smallest absolute Gasteiger partial charge is 0.328 e. The first kappa shape index (κ1) is 13.6. The number of hydrogen-bond acceptors (Lipinski definition) is 1. The molecule has 0 aromatic heterocycles. The fourth-order valence-electron chi connectivity index (χ4n) is 2.78. The maximum atomic E-state index is 10.8. The van der Waals surface area contributed by atoms with Crippen LogP contribution in [0.3, 0.4) is 0 Å². The van der Waals surface area contributed by atoms with Crippen LogP contribution in [0.1, 0.15) is 0 Å². The molecule has 2 heteroatoms. The van der Waals surface area contributed by atoms with Crippen molar-refractivity contribution < 1.29 is 9.90 Å². The van der Waals surface area contributed by atoms with Gasteiger partial charge < -0.3 is 5.11 Å². The highest BCUT2D eigenvalue weighted by atomic mass is 16.4. The second kappa shape index (κ2) is 5.96. The van der Waals surface area contributed by atoms with Gasteiger partial charge in [0.25, 0.3) is 0 Å². The first-order valence-corrected chi connectivity index (χ1v) is 7.25. The van der Waals surface area contributed by atoms with E-state index in [-0.39, 0.29) is 11.8 Å². The molecule has 0 aromatic carbocycles. The Morgan fingerprint density at radius 3 is 1.81 bits per heavy atom. The van der Waals surface area contributed by atoms with Crippen LogP contribution in [0.5, 0.6) is 0 Å². The highest BCUT2D eigenvalue weighted by molar-refractivity contribution is 5.80. The Kier molecular flexibility index (Phi) is 3.87. The zero-order chi connectivity index (χ0) is 14.7. The minimum Gasteiger partial charge on any atom is -0.478 e. The molecule has 0 saturated carbocycles. The average Bonchev–Trinajstić information content (AvgIpc) is 2.49. The zero-order valence-electron chi connectivity index (χ0n) is 11.7. The predicted molar refractivity (Wildman–Crippen MR) is 84.5 cm³/mol. The molecule has 1 N–H and O–H groups in total. The zero-order valence-corrected chi connectivity index (χ0v) is 11.7. The average molecular weight is 278 g/mol. The first-order valence-electron chi connectivity index (χ1n) is 7.25. The number of carboxylic acids is 1. The molecule has 21 heavy (non-hydrogen) atoms. The van der Waals surface area contributed by atoms with Crippen molar-refractivity contribution in [3.05, 3.63) is 84.6 Å². The van der Waals surface area contributed by atoms with Gasteiger partial charge >= 0.3 is 5.97 Å². The van der Waals surface area contributed by atoms with E-state index in [4.69, 9.17) is 5.11 Å². The molecule has 0 saturated heterocycles. The van der Waals surface area contributed by atoms with Gasteiger partial charge in [-0.1, -0.05) is 72.9 Å². The van der Waals surface area contributed by atoms with Crippen molar-refractivity contribution in [3.63, 3.8) is 0 Å². The Morgan fingerprint density at radius 2 is 1.29 bits per heavy atom. The molecule has 0 heterocycles. The summed E-state index contributed by atoms with van der Waals surface area (Å²) in [6, 6.07) is 0. The van der Waals surface area contributed by atoms with Crippen LogP contribution in [-0.2, 0) is 4.79 Å². The summed E-state index contributed by atoms with van der Waals surface area (Å²) in [5.41, 5.74) is 1.02. The van der Waals surface area contributed by atoms with Crippen LogP contribution in [0.25, 0.3) is 0 Å². The Hall–Kier alpha value is -2.35. The second-order valence-electron chi connectivity index (χ2n) is 5.52. The third-order valence-corrected chi connectivity index (χ3v) is 3.94. The van der Waals surface area contributed by atoms with E-state index in [0.717, 1.165) is 5.57 Å². The summed E-state index contributed by atoms with van der Waals surface area (Å²) in [7, 11) is 0. The van der Waals surface area contributed by atoms with E-state index in [1.165, 1.54) is 6.08 Å². The second-order valence-corrected chi connectivity index (χ2v) is 5.52. The third kappa shape index (κ3) is 3.40. The fraction of sp³-hybridized carbons (Fsp3) is 0.211. The van der Waals surface area contributed by atoms with Gasteiger partial charge in [0.15, 0.2) is 0 Å². The van der Waals surface area contributed by atoms with Crippen molar-refractivity contribution in [1.29, 1.82) is 0 Å². The summed E-state index contributed by atoms with van der Waals surface area (Å²) >= 11 is 0. The van der Waals surface area contributed by atoms with Crippen LogP contribution in [0.15, 0.2) is 84.6 Å². The number of carboxylic acid groups (broad SMARTS) is 1. The van der Waals surface area contributed by atoms with Gasteiger partial charge in [0, 0.05) is 29.7 Å². The molecular formula is C19H18O2. The standard InChI is InChI=1S/C19H18O2/c20-19(21)12-11-18-13-16-5-3-14(4-6-16)1-2-15-7-9-17(18)10-8-15/h1-17H,(H,20,21)/b2-1-,12-11?,18-13-. The fourth-order valence-corrected chi connectivity index (χ4v) is 2.78. The van der Waals surface area contributed by atoms with Crippen molar-refractivity contribution in [2.24, 2.45) is 23.7 Å². The first-order chi connectivity index (χ1) is 10.2. The normalized spacial score (nSPS) is 37.2. The topological polar surface area (TPSA) is 37.3 Å². The lowest BCUT2D eigenvalue weighted by molar-refractivity contribution is -0.131. The Bertz CT molecular complexity index is 598. The molecule has 0 atom stereocenters. The summed E-state index contributed by atoms with van der Waals surface area (Å²) in [6.45, 7) is 0. The highest BCUT2D eigenvalue weighted by Gasteiger charge is 2.15. The summed E-state index contributed by atoms with van der Waals surface area (Å²) in [4.78, 5) is 10.8. The summed E-state index contributed by atoms with van der Waals surface area (Å²) in [6.07, 6.45) is 26.9. The molecule has 0 aromatic rings. The molecular weight excluding hydrogens is 260 g/mol. The molecule has 0 spiro atoms. The van der Waals surface area contributed by atoms with Crippen LogP contribution < -0.4 is 0 Å². The number of hydrogen-bond donors (Lipinski definition) is 1. The maximum Gasteiger partial charge on any atom is 0.328 e. The molecule has 0 unspecified atom stereocenters. The summed E-state index contributed by atoms with van der Waals surface area (Å²) in [5, 5.41) is 8.87. The molecule has 6 aliphatic carbocycles. The van der Waals surface area contributed by atoms with E-state index in [1.807, 2.05) is 0 Å². The lowest BCUT2D eigenvalue weighted by atomic mass is 9.85. The van der Waals surface area contributed by atoms with E-state index in [2.05, 4.69) is 66.8 Å². The minimum absolute atomic E-state index is 0.143. The Morgan fingerprint density at radius 1 is 0.810 bits per heavy atom. The monoisotopic (exact) mass is 278 g/mol. The number of rotatable bonds is 2. The molecule has 0 radical (unpaired) electrons. The minimum atomic E-state index is -0.915. The van der Waals surface area contributed by atoms with Crippen molar-refractivity contribution >= 4 is 5.97 Å². The van der Waals surface area contributed by atoms with Gasteiger partial charge in [-0.25, -0.2) is 4.79 Å². The molecule has 0 fully saturated rings. The molecule has 6 aliphatic rings. The van der Waals surface area contributed by atoms with Crippen molar-refractivity contribution in [2.45, 2.75) is 0 Å². The Labute approximate surface area is 124 Å². The van der Waals surface area contributed by atoms with Crippen LogP contribution in [0.4, 0.5) is 0 Å². The van der Waals surface area contributed by atoms with Crippen molar-refractivity contribution in [3.8, 4) is 0 Å². The molecule has 0 amide bonds. The van der Waals surface area contributed by atoms with Crippen molar-refractivity contribution in [2.75, 3.05) is 0 Å². The van der Waals surface area contributed by atoms with Crippen LogP contribution >= 0.6 is 0 Å². The van der Waals surface area contributed by atoms with Gasteiger partial charge in [-0.15, -0.1) is 0 Å². The van der Waals surface area contributed by atoms with Gasteiger partial charge in [0.1, 0.15) is 0 Å². The summed E-state index contributed by atoms with van der Waals surface area (Å²) < 4.78 is 0. The number of allylic oxidation sites excluding steroid dienone is 13. The van der Waals surface area contributed by atoms with Gasteiger partial charge in [-0.3, -0.25) is 0 Å². The van der Waals surface area contributed by atoms with E-state index in [0.29, 0.717) is 11.8 Å². The largest absolute Gasteiger partial charge is 0.478 e. The summed E-state index contributed by atoms with van der Waals surface area (Å²) in [5.74, 6) is 0.129. The third-order valence-electron chi connectivity index (χ3n) is 3.94. The SMILES string of the molecule is O=C(O)C=C/C1=C/C2C=CC(C=C2)/C=C\C2C=CC1C=C2. The van der Waals surface area contributed by atoms with Crippen LogP contribution in [-0.4, -0.2) is 11.1 Å².